The lowest BCUT2D eigenvalue weighted by Crippen LogP contribution is -2.53. The van der Waals surface area contributed by atoms with Crippen LogP contribution in [-0.2, 0) is 11.3 Å². The average molecular weight is 227 g/mol. The molecule has 1 fully saturated rings. The van der Waals surface area contributed by atoms with Gasteiger partial charge in [-0.05, 0) is 24.8 Å². The summed E-state index contributed by atoms with van der Waals surface area (Å²) in [6.45, 7) is 3.70. The van der Waals surface area contributed by atoms with Crippen LogP contribution in [0.5, 0.6) is 0 Å². The van der Waals surface area contributed by atoms with E-state index in [4.69, 9.17) is 4.74 Å². The maximum Gasteiger partial charge on any atom is 0.0751 e. The van der Waals surface area contributed by atoms with Crippen molar-refractivity contribution in [2.24, 2.45) is 0 Å². The van der Waals surface area contributed by atoms with Crippen molar-refractivity contribution in [3.63, 3.8) is 0 Å². The monoisotopic (exact) mass is 227 g/mol. The lowest BCUT2D eigenvalue weighted by molar-refractivity contribution is 0.0530. The predicted molar refractivity (Wildman–Crippen MR) is 61.0 cm³/mol. The van der Waals surface area contributed by atoms with E-state index in [1.807, 2.05) is 13.0 Å². The molecule has 1 aromatic heterocycles. The highest BCUT2D eigenvalue weighted by molar-refractivity contribution is 7.09. The second-order valence-corrected chi connectivity index (χ2v) is 5.04. The molecule has 1 saturated heterocycles. The Morgan fingerprint density at radius 1 is 1.73 bits per heavy atom. The fraction of sp³-hybridized carbons (Fsp3) is 0.636. The normalized spacial score (nSPS) is 30.9. The molecule has 0 saturated carbocycles. The summed E-state index contributed by atoms with van der Waals surface area (Å²) >= 11 is 1.73. The molecule has 4 heteroatoms. The van der Waals surface area contributed by atoms with Gasteiger partial charge in [0.1, 0.15) is 0 Å². The molecule has 84 valence electrons. The van der Waals surface area contributed by atoms with Crippen molar-refractivity contribution in [2.75, 3.05) is 13.2 Å². The largest absolute Gasteiger partial charge is 0.394 e. The van der Waals surface area contributed by atoms with Crippen molar-refractivity contribution in [1.29, 1.82) is 0 Å². The SMILES string of the molecule is CC1OCCC1(CO)NCc1cccs1. The van der Waals surface area contributed by atoms with E-state index >= 15 is 0 Å². The predicted octanol–water partition coefficient (Wildman–Crippen LogP) is 1.38. The molecule has 0 amide bonds. The zero-order valence-corrected chi connectivity index (χ0v) is 9.72. The van der Waals surface area contributed by atoms with Gasteiger partial charge in [0.25, 0.3) is 0 Å². The number of hydrogen-bond acceptors (Lipinski definition) is 4. The van der Waals surface area contributed by atoms with Gasteiger partial charge in [0.05, 0.1) is 18.2 Å². The molecule has 1 aliphatic heterocycles. The zero-order valence-electron chi connectivity index (χ0n) is 8.90. The molecule has 2 atom stereocenters. The first-order chi connectivity index (χ1) is 7.27. The summed E-state index contributed by atoms with van der Waals surface area (Å²) < 4.78 is 5.51. The molecular formula is C11H17NO2S. The third-order valence-electron chi connectivity index (χ3n) is 3.17. The van der Waals surface area contributed by atoms with E-state index < -0.39 is 0 Å². The molecule has 0 radical (unpaired) electrons. The highest BCUT2D eigenvalue weighted by Crippen LogP contribution is 2.26. The van der Waals surface area contributed by atoms with Crippen LogP contribution in [-0.4, -0.2) is 30.0 Å². The van der Waals surface area contributed by atoms with Gasteiger partial charge in [0, 0.05) is 18.0 Å². The number of aliphatic hydroxyl groups excluding tert-OH is 1. The Balaban J connectivity index is 1.96. The maximum absolute atomic E-state index is 9.48. The van der Waals surface area contributed by atoms with Gasteiger partial charge in [-0.15, -0.1) is 11.3 Å². The van der Waals surface area contributed by atoms with Gasteiger partial charge in [-0.2, -0.15) is 0 Å². The number of ether oxygens (including phenoxy) is 1. The first-order valence-corrected chi connectivity index (χ1v) is 6.15. The molecule has 15 heavy (non-hydrogen) atoms. The van der Waals surface area contributed by atoms with Crippen LogP contribution < -0.4 is 5.32 Å². The van der Waals surface area contributed by atoms with E-state index in [0.29, 0.717) is 0 Å². The summed E-state index contributed by atoms with van der Waals surface area (Å²) in [5.41, 5.74) is -0.246. The van der Waals surface area contributed by atoms with Gasteiger partial charge >= 0.3 is 0 Å². The van der Waals surface area contributed by atoms with E-state index in [9.17, 15) is 5.11 Å². The van der Waals surface area contributed by atoms with E-state index in [2.05, 4.69) is 16.8 Å². The topological polar surface area (TPSA) is 41.5 Å². The zero-order chi connectivity index (χ0) is 10.7. The van der Waals surface area contributed by atoms with Crippen LogP contribution in [0.2, 0.25) is 0 Å². The van der Waals surface area contributed by atoms with Crippen LogP contribution >= 0.6 is 11.3 Å². The first-order valence-electron chi connectivity index (χ1n) is 5.27. The average Bonchev–Trinajstić information content (AvgIpc) is 2.85. The van der Waals surface area contributed by atoms with Gasteiger partial charge in [-0.3, -0.25) is 0 Å². The number of aliphatic hydroxyl groups is 1. The van der Waals surface area contributed by atoms with Crippen LogP contribution in [0.25, 0.3) is 0 Å². The van der Waals surface area contributed by atoms with E-state index in [-0.39, 0.29) is 18.2 Å². The number of thiophene rings is 1. The third-order valence-corrected chi connectivity index (χ3v) is 4.05. The molecule has 3 nitrogen and oxygen atoms in total. The van der Waals surface area contributed by atoms with E-state index in [1.54, 1.807) is 11.3 Å². The third kappa shape index (κ3) is 2.23. The highest BCUT2D eigenvalue weighted by atomic mass is 32.1. The Morgan fingerprint density at radius 2 is 2.60 bits per heavy atom. The van der Waals surface area contributed by atoms with Gasteiger partial charge in [-0.1, -0.05) is 6.07 Å². The van der Waals surface area contributed by atoms with Crippen molar-refractivity contribution in [3.8, 4) is 0 Å². The van der Waals surface area contributed by atoms with Crippen molar-refractivity contribution >= 4 is 11.3 Å². The summed E-state index contributed by atoms with van der Waals surface area (Å²) in [5, 5.41) is 15.0. The molecule has 0 spiro atoms. The summed E-state index contributed by atoms with van der Waals surface area (Å²) in [6, 6.07) is 4.14. The molecule has 2 N–H and O–H groups in total. The van der Waals surface area contributed by atoms with E-state index in [1.165, 1.54) is 4.88 Å². The lowest BCUT2D eigenvalue weighted by atomic mass is 9.93. The minimum absolute atomic E-state index is 0.0856. The Morgan fingerprint density at radius 3 is 3.13 bits per heavy atom. The van der Waals surface area contributed by atoms with Crippen LogP contribution in [0.3, 0.4) is 0 Å². The van der Waals surface area contributed by atoms with Crippen LogP contribution in [0.4, 0.5) is 0 Å². The lowest BCUT2D eigenvalue weighted by Gasteiger charge is -2.31. The number of rotatable bonds is 4. The highest BCUT2D eigenvalue weighted by Gasteiger charge is 2.40. The standard InChI is InChI=1S/C11H17NO2S/c1-9-11(8-13,4-5-14-9)12-7-10-3-2-6-15-10/h2-3,6,9,12-13H,4-5,7-8H2,1H3. The fourth-order valence-electron chi connectivity index (χ4n) is 1.95. The number of hydrogen-bond donors (Lipinski definition) is 2. The summed E-state index contributed by atoms with van der Waals surface area (Å²) in [7, 11) is 0. The summed E-state index contributed by atoms with van der Waals surface area (Å²) in [5.74, 6) is 0. The molecular weight excluding hydrogens is 210 g/mol. The minimum atomic E-state index is -0.246. The minimum Gasteiger partial charge on any atom is -0.394 e. The Bertz CT molecular complexity index is 302. The van der Waals surface area contributed by atoms with Gasteiger partial charge in [0.15, 0.2) is 0 Å². The quantitative estimate of drug-likeness (QED) is 0.816. The van der Waals surface area contributed by atoms with Crippen LogP contribution in [0.15, 0.2) is 17.5 Å². The van der Waals surface area contributed by atoms with Crippen molar-refractivity contribution < 1.29 is 9.84 Å². The smallest absolute Gasteiger partial charge is 0.0751 e. The molecule has 2 unspecified atom stereocenters. The van der Waals surface area contributed by atoms with Gasteiger partial charge < -0.3 is 15.2 Å². The Labute approximate surface area is 94.1 Å². The number of nitrogens with one attached hydrogen (secondary N) is 1. The molecule has 1 aromatic rings. The Hall–Kier alpha value is -0.420. The molecule has 2 rings (SSSR count). The Kier molecular flexibility index (Phi) is 3.41. The van der Waals surface area contributed by atoms with Crippen LogP contribution in [0.1, 0.15) is 18.2 Å². The molecule has 0 aromatic carbocycles. The second kappa shape index (κ2) is 4.61. The van der Waals surface area contributed by atoms with Crippen molar-refractivity contribution in [3.05, 3.63) is 22.4 Å². The molecule has 0 bridgehead atoms. The van der Waals surface area contributed by atoms with E-state index in [0.717, 1.165) is 19.6 Å². The maximum atomic E-state index is 9.48. The summed E-state index contributed by atoms with van der Waals surface area (Å²) in [6.07, 6.45) is 0.971. The molecule has 2 heterocycles. The summed E-state index contributed by atoms with van der Waals surface area (Å²) in [4.78, 5) is 1.29. The fourth-order valence-corrected chi connectivity index (χ4v) is 2.60. The molecule has 0 aliphatic carbocycles. The van der Waals surface area contributed by atoms with Gasteiger partial charge in [-0.25, -0.2) is 0 Å². The van der Waals surface area contributed by atoms with Crippen molar-refractivity contribution in [1.82, 2.24) is 5.32 Å². The first kappa shape index (κ1) is 11.1. The van der Waals surface area contributed by atoms with Crippen LogP contribution in [0, 0.1) is 0 Å². The van der Waals surface area contributed by atoms with Crippen molar-refractivity contribution in [2.45, 2.75) is 31.5 Å². The van der Waals surface area contributed by atoms with Gasteiger partial charge in [0.2, 0.25) is 0 Å². The second-order valence-electron chi connectivity index (χ2n) is 4.01. The molecule has 1 aliphatic rings.